The summed E-state index contributed by atoms with van der Waals surface area (Å²) < 4.78 is 0. The Hall–Kier alpha value is -3.21. The van der Waals surface area contributed by atoms with E-state index in [0.717, 1.165) is 17.0 Å². The van der Waals surface area contributed by atoms with E-state index in [1.165, 1.54) is 0 Å². The minimum atomic E-state index is -0.345. The molecule has 3 rings (SSSR count). The SMILES string of the molecule is CC(C)c1ccc(C(=O)N(CCc2ccccc2)Cc2ccccn2)c(=O)[nH]1. The second-order valence-corrected chi connectivity index (χ2v) is 7.09. The molecule has 0 atom stereocenters. The number of carbonyl (C=O) groups is 1. The normalized spacial score (nSPS) is 10.8. The van der Waals surface area contributed by atoms with E-state index in [1.807, 2.05) is 68.4 Å². The van der Waals surface area contributed by atoms with Gasteiger partial charge in [0.1, 0.15) is 5.56 Å². The van der Waals surface area contributed by atoms with E-state index in [2.05, 4.69) is 9.97 Å². The van der Waals surface area contributed by atoms with Crippen LogP contribution in [0, 0.1) is 0 Å². The van der Waals surface area contributed by atoms with Crippen molar-refractivity contribution in [1.82, 2.24) is 14.9 Å². The summed E-state index contributed by atoms with van der Waals surface area (Å²) in [5, 5.41) is 0. The number of H-pyrrole nitrogens is 1. The van der Waals surface area contributed by atoms with Gasteiger partial charge in [-0.1, -0.05) is 50.2 Å². The van der Waals surface area contributed by atoms with Crippen molar-refractivity contribution < 1.29 is 4.79 Å². The van der Waals surface area contributed by atoms with E-state index in [-0.39, 0.29) is 22.9 Å². The standard InChI is InChI=1S/C23H25N3O2/c1-17(2)21-12-11-20(22(27)25-21)23(28)26(16-19-10-6-7-14-24-19)15-13-18-8-4-3-5-9-18/h3-12,14,17H,13,15-16H2,1-2H3,(H,25,27). The molecule has 0 radical (unpaired) electrons. The summed E-state index contributed by atoms with van der Waals surface area (Å²) in [5.74, 6) is -0.0855. The lowest BCUT2D eigenvalue weighted by Gasteiger charge is -2.22. The maximum Gasteiger partial charge on any atom is 0.261 e. The molecule has 28 heavy (non-hydrogen) atoms. The Kier molecular flexibility index (Phi) is 6.37. The third-order valence-electron chi connectivity index (χ3n) is 4.66. The van der Waals surface area contributed by atoms with Crippen LogP contribution in [0.5, 0.6) is 0 Å². The van der Waals surface area contributed by atoms with Crippen molar-refractivity contribution in [3.05, 3.63) is 99.7 Å². The van der Waals surface area contributed by atoms with Crippen LogP contribution in [0.3, 0.4) is 0 Å². The van der Waals surface area contributed by atoms with Gasteiger partial charge in [0.15, 0.2) is 0 Å². The van der Waals surface area contributed by atoms with Crippen molar-refractivity contribution in [1.29, 1.82) is 0 Å². The highest BCUT2D eigenvalue weighted by atomic mass is 16.2. The Morgan fingerprint density at radius 1 is 1.04 bits per heavy atom. The van der Waals surface area contributed by atoms with Gasteiger partial charge < -0.3 is 9.88 Å². The average Bonchev–Trinajstić information content (AvgIpc) is 2.72. The van der Waals surface area contributed by atoms with Gasteiger partial charge in [0, 0.05) is 18.4 Å². The molecule has 0 saturated heterocycles. The number of pyridine rings is 2. The third-order valence-corrected chi connectivity index (χ3v) is 4.66. The molecule has 0 unspecified atom stereocenters. The molecule has 1 N–H and O–H groups in total. The van der Waals surface area contributed by atoms with Crippen molar-refractivity contribution in [2.45, 2.75) is 32.7 Å². The zero-order valence-electron chi connectivity index (χ0n) is 16.3. The number of hydrogen-bond acceptors (Lipinski definition) is 3. The topological polar surface area (TPSA) is 66.1 Å². The van der Waals surface area contributed by atoms with Crippen LogP contribution in [-0.4, -0.2) is 27.3 Å². The molecule has 1 aromatic carbocycles. The molecule has 2 heterocycles. The van der Waals surface area contributed by atoms with Crippen molar-refractivity contribution in [3.8, 4) is 0 Å². The molecule has 144 valence electrons. The molecule has 1 amide bonds. The quantitative estimate of drug-likeness (QED) is 0.683. The number of benzene rings is 1. The summed E-state index contributed by atoms with van der Waals surface area (Å²) in [5.41, 5.74) is 2.57. The molecule has 0 fully saturated rings. The fraction of sp³-hybridized carbons (Fsp3) is 0.261. The van der Waals surface area contributed by atoms with Gasteiger partial charge in [-0.05, 0) is 42.2 Å². The molecule has 0 bridgehead atoms. The van der Waals surface area contributed by atoms with E-state index in [1.54, 1.807) is 17.2 Å². The highest BCUT2D eigenvalue weighted by molar-refractivity contribution is 5.93. The molecule has 5 heteroatoms. The van der Waals surface area contributed by atoms with Crippen LogP contribution in [0.4, 0.5) is 0 Å². The Morgan fingerprint density at radius 2 is 1.79 bits per heavy atom. The minimum Gasteiger partial charge on any atom is -0.332 e. The molecule has 0 saturated carbocycles. The van der Waals surface area contributed by atoms with Gasteiger partial charge in [-0.2, -0.15) is 0 Å². The van der Waals surface area contributed by atoms with Crippen LogP contribution < -0.4 is 5.56 Å². The van der Waals surface area contributed by atoms with Gasteiger partial charge in [0.25, 0.3) is 11.5 Å². The van der Waals surface area contributed by atoms with Gasteiger partial charge in [-0.25, -0.2) is 0 Å². The second kappa shape index (κ2) is 9.13. The fourth-order valence-corrected chi connectivity index (χ4v) is 3.01. The van der Waals surface area contributed by atoms with E-state index in [9.17, 15) is 9.59 Å². The predicted octanol–water partition coefficient (Wildman–Crippen LogP) is 3.78. The third kappa shape index (κ3) is 4.94. The van der Waals surface area contributed by atoms with Crippen LogP contribution in [0.25, 0.3) is 0 Å². The largest absolute Gasteiger partial charge is 0.332 e. The molecule has 3 aromatic rings. The zero-order valence-corrected chi connectivity index (χ0v) is 16.3. The molecular formula is C23H25N3O2. The zero-order chi connectivity index (χ0) is 19.9. The molecule has 0 aliphatic heterocycles. The first kappa shape index (κ1) is 19.5. The maximum absolute atomic E-state index is 13.2. The van der Waals surface area contributed by atoms with Crippen LogP contribution >= 0.6 is 0 Å². The highest BCUT2D eigenvalue weighted by Gasteiger charge is 2.20. The van der Waals surface area contributed by atoms with E-state index < -0.39 is 0 Å². The van der Waals surface area contributed by atoms with Gasteiger partial charge in [0.05, 0.1) is 12.2 Å². The lowest BCUT2D eigenvalue weighted by molar-refractivity contribution is 0.0741. The average molecular weight is 375 g/mol. The number of hydrogen-bond donors (Lipinski definition) is 1. The van der Waals surface area contributed by atoms with Crippen molar-refractivity contribution in [2.75, 3.05) is 6.54 Å². The number of rotatable bonds is 7. The van der Waals surface area contributed by atoms with Crippen LogP contribution in [0.1, 0.15) is 47.1 Å². The Labute approximate surface area is 165 Å². The van der Waals surface area contributed by atoms with Gasteiger partial charge in [-0.3, -0.25) is 14.6 Å². The first-order valence-corrected chi connectivity index (χ1v) is 9.51. The summed E-state index contributed by atoms with van der Waals surface area (Å²) in [4.78, 5) is 34.5. The summed E-state index contributed by atoms with van der Waals surface area (Å²) in [6, 6.07) is 19.1. The number of aromatic amines is 1. The Bertz CT molecular complexity index is 966. The van der Waals surface area contributed by atoms with Crippen LogP contribution in [0.2, 0.25) is 0 Å². The van der Waals surface area contributed by atoms with E-state index in [0.29, 0.717) is 19.5 Å². The number of carbonyl (C=O) groups excluding carboxylic acids is 1. The second-order valence-electron chi connectivity index (χ2n) is 7.09. The molecular weight excluding hydrogens is 350 g/mol. The first-order valence-electron chi connectivity index (χ1n) is 9.51. The van der Waals surface area contributed by atoms with Crippen molar-refractivity contribution in [2.24, 2.45) is 0 Å². The molecule has 0 spiro atoms. The Morgan fingerprint density at radius 3 is 2.43 bits per heavy atom. The van der Waals surface area contributed by atoms with Gasteiger partial charge >= 0.3 is 0 Å². The summed E-state index contributed by atoms with van der Waals surface area (Å²) in [6.45, 7) is 4.86. The van der Waals surface area contributed by atoms with Gasteiger partial charge in [0.2, 0.25) is 0 Å². The first-order chi connectivity index (χ1) is 13.5. The van der Waals surface area contributed by atoms with E-state index >= 15 is 0 Å². The lowest BCUT2D eigenvalue weighted by atomic mass is 10.1. The van der Waals surface area contributed by atoms with Crippen LogP contribution in [0.15, 0.2) is 71.7 Å². The highest BCUT2D eigenvalue weighted by Crippen LogP contribution is 2.12. The summed E-state index contributed by atoms with van der Waals surface area (Å²) in [6.07, 6.45) is 2.42. The van der Waals surface area contributed by atoms with Gasteiger partial charge in [-0.15, -0.1) is 0 Å². The summed E-state index contributed by atoms with van der Waals surface area (Å²) in [7, 11) is 0. The van der Waals surface area contributed by atoms with Crippen molar-refractivity contribution >= 4 is 5.91 Å². The Balaban J connectivity index is 1.84. The number of aromatic nitrogens is 2. The number of nitrogens with one attached hydrogen (secondary N) is 1. The fourth-order valence-electron chi connectivity index (χ4n) is 3.01. The number of amides is 1. The molecule has 0 aliphatic rings. The predicted molar refractivity (Wildman–Crippen MR) is 110 cm³/mol. The molecule has 2 aromatic heterocycles. The van der Waals surface area contributed by atoms with E-state index in [4.69, 9.17) is 0 Å². The summed E-state index contributed by atoms with van der Waals surface area (Å²) >= 11 is 0. The number of nitrogens with zero attached hydrogens (tertiary/aromatic N) is 2. The monoisotopic (exact) mass is 375 g/mol. The lowest BCUT2D eigenvalue weighted by Crippen LogP contribution is -2.36. The molecule has 0 aliphatic carbocycles. The van der Waals surface area contributed by atoms with Crippen molar-refractivity contribution in [3.63, 3.8) is 0 Å². The molecule has 5 nitrogen and oxygen atoms in total. The smallest absolute Gasteiger partial charge is 0.261 e. The minimum absolute atomic E-state index is 0.161. The maximum atomic E-state index is 13.2. The van der Waals surface area contributed by atoms with Crippen LogP contribution in [-0.2, 0) is 13.0 Å².